The summed E-state index contributed by atoms with van der Waals surface area (Å²) in [6.45, 7) is 1.80. The number of sulfonamides is 1. The number of hydrogen-bond acceptors (Lipinski definition) is 7. The fraction of sp³-hybridized carbons (Fsp3) is 0.241. The maximum Gasteiger partial charge on any atom is 0.413 e. The first-order valence-corrected chi connectivity index (χ1v) is 14.6. The third kappa shape index (κ3) is 5.74. The average molecular weight is 560 g/mol. The molecule has 2 amide bonds. The van der Waals surface area contributed by atoms with Gasteiger partial charge in [-0.2, -0.15) is 0 Å². The van der Waals surface area contributed by atoms with Crippen LogP contribution in [0.2, 0.25) is 0 Å². The molecule has 1 aromatic heterocycles. The molecule has 0 aliphatic heterocycles. The Morgan fingerprint density at radius 3 is 2.08 bits per heavy atom. The standard InChI is InChI=1S/C29H29N5O5S/c1-19(20-7-5-4-6-8-20)39-28(36)30-26-25(31-33-34(26)2)23-11-9-21(10-12-23)22-13-15-24(16-14-22)29(17-18-29)27(35)32-40(3,37)38/h4-16,19H,17-18H2,1-3H3,(H,30,36)(H,32,35)/t19-/m1/s1. The van der Waals surface area contributed by atoms with Gasteiger partial charge in [0.25, 0.3) is 0 Å². The predicted octanol–water partition coefficient (Wildman–Crippen LogP) is 4.57. The number of aryl methyl sites for hydroxylation is 1. The van der Waals surface area contributed by atoms with Crippen molar-refractivity contribution in [1.29, 1.82) is 0 Å². The van der Waals surface area contributed by atoms with Crippen LogP contribution in [0.4, 0.5) is 10.6 Å². The minimum Gasteiger partial charge on any atom is -0.441 e. The molecule has 5 rings (SSSR count). The largest absolute Gasteiger partial charge is 0.441 e. The number of amides is 2. The van der Waals surface area contributed by atoms with Gasteiger partial charge < -0.3 is 4.74 Å². The van der Waals surface area contributed by atoms with Crippen molar-refractivity contribution in [2.24, 2.45) is 7.05 Å². The first-order valence-electron chi connectivity index (χ1n) is 12.7. The number of carbonyl (C=O) groups is 2. The molecular weight excluding hydrogens is 530 g/mol. The van der Waals surface area contributed by atoms with Gasteiger partial charge in [0.1, 0.15) is 11.8 Å². The zero-order chi connectivity index (χ0) is 28.5. The number of aromatic nitrogens is 3. The van der Waals surface area contributed by atoms with Crippen molar-refractivity contribution in [3.63, 3.8) is 0 Å². The fourth-order valence-corrected chi connectivity index (χ4v) is 5.14. The van der Waals surface area contributed by atoms with E-state index in [9.17, 15) is 18.0 Å². The predicted molar refractivity (Wildman–Crippen MR) is 151 cm³/mol. The molecule has 0 bridgehead atoms. The van der Waals surface area contributed by atoms with Crippen LogP contribution >= 0.6 is 0 Å². The molecule has 0 radical (unpaired) electrons. The monoisotopic (exact) mass is 559 g/mol. The number of nitrogens with one attached hydrogen (secondary N) is 2. The second-order valence-electron chi connectivity index (χ2n) is 9.93. The second kappa shape index (κ2) is 10.6. The molecule has 0 unspecified atom stereocenters. The molecule has 2 N–H and O–H groups in total. The van der Waals surface area contributed by atoms with Crippen LogP contribution in [-0.4, -0.2) is 41.7 Å². The minimum atomic E-state index is -3.62. The number of nitrogens with zero attached hydrogens (tertiary/aromatic N) is 3. The maximum absolute atomic E-state index is 12.6. The van der Waals surface area contributed by atoms with Crippen LogP contribution in [0.5, 0.6) is 0 Å². The van der Waals surface area contributed by atoms with E-state index in [4.69, 9.17) is 4.74 Å². The molecule has 0 spiro atoms. The van der Waals surface area contributed by atoms with Gasteiger partial charge in [-0.1, -0.05) is 84.1 Å². The molecule has 11 heteroatoms. The molecule has 206 valence electrons. The summed E-state index contributed by atoms with van der Waals surface area (Å²) in [5.41, 5.74) is 4.02. The Balaban J connectivity index is 1.29. The van der Waals surface area contributed by atoms with E-state index in [-0.39, 0.29) is 0 Å². The van der Waals surface area contributed by atoms with Gasteiger partial charge in [0.2, 0.25) is 15.9 Å². The Bertz CT molecular complexity index is 1650. The molecule has 4 aromatic rings. The molecule has 0 saturated heterocycles. The molecule has 40 heavy (non-hydrogen) atoms. The summed E-state index contributed by atoms with van der Waals surface area (Å²) >= 11 is 0. The molecule has 1 aliphatic rings. The lowest BCUT2D eigenvalue weighted by Gasteiger charge is -2.15. The molecule has 1 atom stereocenters. The van der Waals surface area contributed by atoms with E-state index < -0.39 is 33.5 Å². The van der Waals surface area contributed by atoms with E-state index >= 15 is 0 Å². The third-order valence-electron chi connectivity index (χ3n) is 6.99. The number of carbonyl (C=O) groups excluding carboxylic acids is 2. The van der Waals surface area contributed by atoms with Gasteiger partial charge in [-0.15, -0.1) is 5.10 Å². The van der Waals surface area contributed by atoms with Crippen LogP contribution in [0.15, 0.2) is 78.9 Å². The van der Waals surface area contributed by atoms with Gasteiger partial charge in [0.15, 0.2) is 5.82 Å². The number of anilines is 1. The number of benzene rings is 3. The van der Waals surface area contributed by atoms with Gasteiger partial charge in [-0.25, -0.2) is 17.9 Å². The minimum absolute atomic E-state index is 0.407. The van der Waals surface area contributed by atoms with E-state index in [1.807, 2.05) is 78.9 Å². The summed E-state index contributed by atoms with van der Waals surface area (Å²) in [6, 6.07) is 24.7. The highest BCUT2D eigenvalue weighted by Gasteiger charge is 2.52. The molecule has 10 nitrogen and oxygen atoms in total. The van der Waals surface area contributed by atoms with Crippen LogP contribution in [0, 0.1) is 0 Å². The summed E-state index contributed by atoms with van der Waals surface area (Å²) in [5, 5.41) is 11.1. The van der Waals surface area contributed by atoms with Crippen molar-refractivity contribution in [2.45, 2.75) is 31.3 Å². The maximum atomic E-state index is 12.6. The van der Waals surface area contributed by atoms with E-state index in [2.05, 4.69) is 20.4 Å². The topological polar surface area (TPSA) is 132 Å². The fourth-order valence-electron chi connectivity index (χ4n) is 4.61. The summed E-state index contributed by atoms with van der Waals surface area (Å²) in [6.07, 6.45) is 1.15. The lowest BCUT2D eigenvalue weighted by atomic mass is 9.93. The molecule has 1 saturated carbocycles. The first kappa shape index (κ1) is 27.1. The zero-order valence-electron chi connectivity index (χ0n) is 22.3. The van der Waals surface area contributed by atoms with Gasteiger partial charge in [0, 0.05) is 12.6 Å². The van der Waals surface area contributed by atoms with E-state index in [0.29, 0.717) is 24.4 Å². The molecule has 1 fully saturated rings. The number of ether oxygens (including phenoxy) is 1. The normalized spacial score (nSPS) is 14.7. The highest BCUT2D eigenvalue weighted by Crippen LogP contribution is 2.48. The highest BCUT2D eigenvalue weighted by atomic mass is 32.2. The number of hydrogen-bond donors (Lipinski definition) is 2. The van der Waals surface area contributed by atoms with E-state index in [0.717, 1.165) is 34.1 Å². The summed E-state index contributed by atoms with van der Waals surface area (Å²) in [7, 11) is -1.93. The van der Waals surface area contributed by atoms with E-state index in [1.165, 1.54) is 4.68 Å². The van der Waals surface area contributed by atoms with Crippen molar-refractivity contribution < 1.29 is 22.7 Å². The third-order valence-corrected chi connectivity index (χ3v) is 7.55. The van der Waals surface area contributed by atoms with Crippen LogP contribution in [0.3, 0.4) is 0 Å². The van der Waals surface area contributed by atoms with Crippen molar-refractivity contribution in [3.05, 3.63) is 90.0 Å². The molecular formula is C29H29N5O5S. The first-order chi connectivity index (χ1) is 19.1. The number of rotatable bonds is 8. The van der Waals surface area contributed by atoms with Gasteiger partial charge in [-0.3, -0.25) is 14.8 Å². The Hall–Kier alpha value is -4.51. The van der Waals surface area contributed by atoms with E-state index in [1.54, 1.807) is 14.0 Å². The smallest absolute Gasteiger partial charge is 0.413 e. The van der Waals surface area contributed by atoms with Gasteiger partial charge in [-0.05, 0) is 42.0 Å². The highest BCUT2D eigenvalue weighted by molar-refractivity contribution is 7.89. The van der Waals surface area contributed by atoms with Crippen LogP contribution in [-0.2, 0) is 32.0 Å². The van der Waals surface area contributed by atoms with Gasteiger partial charge >= 0.3 is 6.09 Å². The summed E-state index contributed by atoms with van der Waals surface area (Å²) in [5.74, 6) is -0.0802. The molecule has 3 aromatic carbocycles. The van der Waals surface area contributed by atoms with Crippen LogP contribution in [0.1, 0.15) is 37.0 Å². The van der Waals surface area contributed by atoms with Crippen LogP contribution < -0.4 is 10.0 Å². The summed E-state index contributed by atoms with van der Waals surface area (Å²) < 4.78 is 32.2. The molecule has 1 aliphatic carbocycles. The van der Waals surface area contributed by atoms with Crippen molar-refractivity contribution in [2.75, 3.05) is 11.6 Å². The Labute approximate surface area is 232 Å². The SMILES string of the molecule is C[C@@H](OC(=O)Nc1c(-c2ccc(-c3ccc(C4(C(=O)NS(C)(=O)=O)CC4)cc3)cc2)nnn1C)c1ccccc1. The van der Waals surface area contributed by atoms with Crippen molar-refractivity contribution in [3.8, 4) is 22.4 Å². The Morgan fingerprint density at radius 1 is 0.925 bits per heavy atom. The van der Waals surface area contributed by atoms with Gasteiger partial charge in [0.05, 0.1) is 11.7 Å². The molecule has 1 heterocycles. The Morgan fingerprint density at radius 2 is 1.50 bits per heavy atom. The van der Waals surface area contributed by atoms with Crippen molar-refractivity contribution >= 4 is 27.8 Å². The van der Waals surface area contributed by atoms with Crippen LogP contribution in [0.25, 0.3) is 22.4 Å². The average Bonchev–Trinajstić information content (AvgIpc) is 3.67. The second-order valence-corrected chi connectivity index (χ2v) is 11.7. The zero-order valence-corrected chi connectivity index (χ0v) is 23.1. The quantitative estimate of drug-likeness (QED) is 0.323. The summed E-state index contributed by atoms with van der Waals surface area (Å²) in [4.78, 5) is 25.2. The van der Waals surface area contributed by atoms with Crippen molar-refractivity contribution in [1.82, 2.24) is 19.7 Å². The Kier molecular flexibility index (Phi) is 7.16. The lowest BCUT2D eigenvalue weighted by molar-refractivity contribution is -0.121. The lowest BCUT2D eigenvalue weighted by Crippen LogP contribution is -2.38.